The zero-order valence-electron chi connectivity index (χ0n) is 13.4. The Morgan fingerprint density at radius 1 is 1.04 bits per heavy atom. The van der Waals surface area contributed by atoms with Crippen LogP contribution in [0.4, 0.5) is 26.3 Å². The Balaban J connectivity index is 1.84. The Bertz CT molecular complexity index is 633. The molecule has 4 fully saturated rings. The quantitative estimate of drug-likeness (QED) is 0.460. The van der Waals surface area contributed by atoms with Crippen molar-refractivity contribution >= 4 is 11.8 Å². The first-order valence-corrected chi connectivity index (χ1v) is 8.02. The van der Waals surface area contributed by atoms with E-state index in [1.807, 2.05) is 0 Å². The summed E-state index contributed by atoms with van der Waals surface area (Å²) in [4.78, 5) is 24.1. The lowest BCUT2D eigenvalue weighted by Gasteiger charge is -2.54. The minimum absolute atomic E-state index is 0.00791. The molecule has 2 atom stereocenters. The van der Waals surface area contributed by atoms with Crippen molar-refractivity contribution in [2.24, 2.45) is 17.8 Å². The number of ketones is 1. The predicted octanol–water partition coefficient (Wildman–Crippen LogP) is 3.09. The van der Waals surface area contributed by atoms with Gasteiger partial charge in [-0.3, -0.25) is 4.79 Å². The van der Waals surface area contributed by atoms with Gasteiger partial charge in [0, 0.05) is 11.8 Å². The fourth-order valence-electron chi connectivity index (χ4n) is 4.71. The lowest BCUT2D eigenvalue weighted by Crippen LogP contribution is -2.61. The molecular weight excluding hydrogens is 370 g/mol. The standard InChI is InChI=1S/C16H16F6O4/c1-7(14(25,15(17,18)19)16(20,21)22)12(24)26-13-4-8-2-9(5-13)11(23)10(3-8)6-13/h8-10,25H,1-6H2. The molecule has 0 aromatic rings. The molecule has 0 aromatic heterocycles. The molecule has 2 unspecified atom stereocenters. The number of esters is 1. The van der Waals surface area contributed by atoms with Crippen molar-refractivity contribution in [2.75, 3.05) is 0 Å². The molecule has 10 heteroatoms. The number of rotatable bonds is 3. The van der Waals surface area contributed by atoms with Gasteiger partial charge in [0.25, 0.3) is 5.60 Å². The van der Waals surface area contributed by atoms with Gasteiger partial charge < -0.3 is 9.84 Å². The minimum Gasteiger partial charge on any atom is -0.456 e. The lowest BCUT2D eigenvalue weighted by molar-refractivity contribution is -0.352. The van der Waals surface area contributed by atoms with Gasteiger partial charge in [-0.25, -0.2) is 4.79 Å². The average Bonchev–Trinajstić information content (AvgIpc) is 2.47. The van der Waals surface area contributed by atoms with Crippen molar-refractivity contribution < 1.29 is 45.8 Å². The Morgan fingerprint density at radius 2 is 1.50 bits per heavy atom. The van der Waals surface area contributed by atoms with Gasteiger partial charge in [-0.1, -0.05) is 6.58 Å². The van der Waals surface area contributed by atoms with E-state index in [1.54, 1.807) is 0 Å². The molecule has 4 nitrogen and oxygen atoms in total. The molecule has 4 rings (SSSR count). The van der Waals surface area contributed by atoms with Crippen LogP contribution in [0, 0.1) is 17.8 Å². The van der Waals surface area contributed by atoms with Gasteiger partial charge in [-0.2, -0.15) is 26.3 Å². The van der Waals surface area contributed by atoms with E-state index in [1.165, 1.54) is 0 Å². The Labute approximate surface area is 144 Å². The van der Waals surface area contributed by atoms with Gasteiger partial charge in [0.1, 0.15) is 11.4 Å². The van der Waals surface area contributed by atoms with E-state index < -0.39 is 46.9 Å². The highest BCUT2D eigenvalue weighted by Crippen LogP contribution is 2.56. The van der Waals surface area contributed by atoms with E-state index in [0.717, 1.165) is 0 Å². The van der Waals surface area contributed by atoms with E-state index in [-0.39, 0.29) is 31.0 Å². The number of ether oxygens (including phenoxy) is 1. The van der Waals surface area contributed by atoms with Gasteiger partial charge in [0.2, 0.25) is 0 Å². The van der Waals surface area contributed by atoms with E-state index in [4.69, 9.17) is 4.74 Å². The predicted molar refractivity (Wildman–Crippen MR) is 73.6 cm³/mol. The Morgan fingerprint density at radius 3 is 1.92 bits per heavy atom. The maximum atomic E-state index is 12.9. The first kappa shape index (κ1) is 19.2. The van der Waals surface area contributed by atoms with E-state index in [9.17, 15) is 41.0 Å². The summed E-state index contributed by atoms with van der Waals surface area (Å²) < 4.78 is 82.3. The third-order valence-corrected chi connectivity index (χ3v) is 5.75. The van der Waals surface area contributed by atoms with Crippen LogP contribution in [0.15, 0.2) is 12.2 Å². The van der Waals surface area contributed by atoms with E-state index in [0.29, 0.717) is 12.8 Å². The van der Waals surface area contributed by atoms with Crippen molar-refractivity contribution in [3.05, 3.63) is 12.2 Å². The molecule has 0 aliphatic heterocycles. The lowest BCUT2D eigenvalue weighted by atomic mass is 9.53. The molecule has 26 heavy (non-hydrogen) atoms. The van der Waals surface area contributed by atoms with Gasteiger partial charge in [-0.05, 0) is 38.0 Å². The number of carbonyl (C=O) groups excluding carboxylic acids is 2. The summed E-state index contributed by atoms with van der Waals surface area (Å²) in [5.41, 5.74) is -8.79. The summed E-state index contributed by atoms with van der Waals surface area (Å²) in [6.07, 6.45) is -10.8. The maximum Gasteiger partial charge on any atom is 0.430 e. The van der Waals surface area contributed by atoms with Crippen molar-refractivity contribution in [1.82, 2.24) is 0 Å². The number of aliphatic hydroxyl groups is 1. The molecule has 4 saturated carbocycles. The number of hydrogen-bond acceptors (Lipinski definition) is 4. The third-order valence-electron chi connectivity index (χ3n) is 5.75. The maximum absolute atomic E-state index is 12.9. The normalized spacial score (nSPS) is 34.1. The largest absolute Gasteiger partial charge is 0.456 e. The monoisotopic (exact) mass is 386 g/mol. The van der Waals surface area contributed by atoms with Crippen LogP contribution < -0.4 is 0 Å². The zero-order valence-corrected chi connectivity index (χ0v) is 13.4. The molecule has 4 aliphatic rings. The fourth-order valence-corrected chi connectivity index (χ4v) is 4.71. The Hall–Kier alpha value is -1.58. The van der Waals surface area contributed by atoms with Crippen molar-refractivity contribution in [3.63, 3.8) is 0 Å². The van der Waals surface area contributed by atoms with Gasteiger partial charge >= 0.3 is 18.3 Å². The van der Waals surface area contributed by atoms with Crippen LogP contribution in [0.3, 0.4) is 0 Å². The van der Waals surface area contributed by atoms with Crippen LogP contribution in [0.5, 0.6) is 0 Å². The smallest absolute Gasteiger partial charge is 0.430 e. The van der Waals surface area contributed by atoms with Crippen LogP contribution in [-0.2, 0) is 14.3 Å². The van der Waals surface area contributed by atoms with Crippen molar-refractivity contribution in [1.29, 1.82) is 0 Å². The summed E-state index contributed by atoms with van der Waals surface area (Å²) in [7, 11) is 0. The highest BCUT2D eigenvalue weighted by Gasteiger charge is 2.74. The van der Waals surface area contributed by atoms with Crippen molar-refractivity contribution in [2.45, 2.75) is 55.7 Å². The molecule has 0 amide bonds. The molecule has 0 radical (unpaired) electrons. The second-order valence-corrected chi connectivity index (χ2v) is 7.50. The average molecular weight is 386 g/mol. The minimum atomic E-state index is -6.20. The topological polar surface area (TPSA) is 63.6 Å². The van der Waals surface area contributed by atoms with Crippen LogP contribution in [0.1, 0.15) is 32.1 Å². The van der Waals surface area contributed by atoms with Crippen LogP contribution in [-0.4, -0.2) is 40.4 Å². The van der Waals surface area contributed by atoms with Gasteiger partial charge in [0.15, 0.2) is 0 Å². The first-order valence-electron chi connectivity index (χ1n) is 8.02. The zero-order chi connectivity index (χ0) is 19.7. The molecule has 146 valence electrons. The molecule has 0 spiro atoms. The van der Waals surface area contributed by atoms with Crippen LogP contribution in [0.25, 0.3) is 0 Å². The number of hydrogen-bond donors (Lipinski definition) is 1. The molecule has 1 N–H and O–H groups in total. The second kappa shape index (κ2) is 5.46. The summed E-state index contributed by atoms with van der Waals surface area (Å²) in [6, 6.07) is 0. The molecular formula is C16H16F6O4. The van der Waals surface area contributed by atoms with E-state index in [2.05, 4.69) is 6.58 Å². The summed E-state index contributed by atoms with van der Waals surface area (Å²) in [5.74, 6) is -2.70. The SMILES string of the molecule is C=C(C(=O)OC12CC3CC(C1)C(=O)C(C3)C2)C(O)(C(F)(F)F)C(F)(F)F. The number of halogens is 6. The molecule has 0 saturated heterocycles. The highest BCUT2D eigenvalue weighted by atomic mass is 19.4. The summed E-state index contributed by atoms with van der Waals surface area (Å²) in [5, 5.41) is 9.27. The van der Waals surface area contributed by atoms with Crippen LogP contribution >= 0.6 is 0 Å². The molecule has 0 aromatic carbocycles. The number of carbonyl (C=O) groups is 2. The molecule has 4 aliphatic carbocycles. The summed E-state index contributed by atoms with van der Waals surface area (Å²) >= 11 is 0. The molecule has 0 heterocycles. The molecule has 4 bridgehead atoms. The van der Waals surface area contributed by atoms with Crippen molar-refractivity contribution in [3.8, 4) is 0 Å². The van der Waals surface area contributed by atoms with Gasteiger partial charge in [-0.15, -0.1) is 0 Å². The van der Waals surface area contributed by atoms with Gasteiger partial charge in [0.05, 0.1) is 5.57 Å². The Kier molecular flexibility index (Phi) is 4.03. The highest BCUT2D eigenvalue weighted by molar-refractivity contribution is 5.91. The number of alkyl halides is 6. The second-order valence-electron chi connectivity index (χ2n) is 7.50. The van der Waals surface area contributed by atoms with E-state index >= 15 is 0 Å². The van der Waals surface area contributed by atoms with Crippen LogP contribution in [0.2, 0.25) is 0 Å². The fraction of sp³-hybridized carbons (Fsp3) is 0.750. The number of Topliss-reactive ketones (excluding diaryl/α,β-unsaturated/α-hetero) is 1. The third kappa shape index (κ3) is 2.64. The first-order chi connectivity index (χ1) is 11.7. The summed E-state index contributed by atoms with van der Waals surface area (Å²) in [6.45, 7) is 2.54.